The molecule has 162 valence electrons. The van der Waals surface area contributed by atoms with Crippen LogP contribution in [0.25, 0.3) is 0 Å². The van der Waals surface area contributed by atoms with Crippen LogP contribution in [-0.2, 0) is 17.6 Å². The number of hydrogen-bond acceptors (Lipinski definition) is 3. The first-order valence-electron chi connectivity index (χ1n) is 10.7. The van der Waals surface area contributed by atoms with Crippen LogP contribution in [0, 0.1) is 12.7 Å². The average Bonchev–Trinajstić information content (AvgIpc) is 3.40. The number of carbonyl (C=O) groups is 2. The van der Waals surface area contributed by atoms with Gasteiger partial charge in [0.2, 0.25) is 5.91 Å². The van der Waals surface area contributed by atoms with E-state index in [-0.39, 0.29) is 23.0 Å². The lowest BCUT2D eigenvalue weighted by Gasteiger charge is -2.26. The summed E-state index contributed by atoms with van der Waals surface area (Å²) in [5, 5.41) is 2.78. The van der Waals surface area contributed by atoms with Crippen molar-refractivity contribution in [2.24, 2.45) is 0 Å². The Bertz CT molecular complexity index is 1210. The first kappa shape index (κ1) is 20.8. The maximum atomic E-state index is 13.4. The molecule has 3 aromatic rings. The van der Waals surface area contributed by atoms with Crippen molar-refractivity contribution in [3.63, 3.8) is 0 Å². The highest BCUT2D eigenvalue weighted by Gasteiger charge is 2.35. The number of anilines is 2. The summed E-state index contributed by atoms with van der Waals surface area (Å²) in [6, 6.07) is 17.8. The van der Waals surface area contributed by atoms with Crippen LogP contribution in [0.15, 0.2) is 60.7 Å². The normalized spacial score (nSPS) is 17.5. The van der Waals surface area contributed by atoms with Gasteiger partial charge in [0.1, 0.15) is 11.2 Å². The van der Waals surface area contributed by atoms with Crippen molar-refractivity contribution in [2.75, 3.05) is 16.0 Å². The lowest BCUT2D eigenvalue weighted by molar-refractivity contribution is -0.115. The fraction of sp³-hybridized carbons (Fsp3) is 0.231. The first-order chi connectivity index (χ1) is 15.5. The SMILES string of the molecule is Cc1cc(C(=O)Nc2ccc3c(c2)CCC3)ccc1N1C(=O)CSC1c1ccc(F)cc1. The van der Waals surface area contributed by atoms with E-state index in [1.807, 2.05) is 25.1 Å². The smallest absolute Gasteiger partial charge is 0.255 e. The average molecular weight is 447 g/mol. The summed E-state index contributed by atoms with van der Waals surface area (Å²) < 4.78 is 13.4. The van der Waals surface area contributed by atoms with Crippen LogP contribution in [0.2, 0.25) is 0 Å². The lowest BCUT2D eigenvalue weighted by atomic mass is 10.1. The molecule has 5 rings (SSSR count). The molecule has 0 aromatic heterocycles. The summed E-state index contributed by atoms with van der Waals surface area (Å²) in [5.74, 6) is -0.107. The summed E-state index contributed by atoms with van der Waals surface area (Å²) in [6.07, 6.45) is 3.33. The van der Waals surface area contributed by atoms with Crippen LogP contribution < -0.4 is 10.2 Å². The Balaban J connectivity index is 1.38. The molecule has 1 aliphatic carbocycles. The number of thioether (sulfide) groups is 1. The van der Waals surface area contributed by atoms with Gasteiger partial charge in [-0.3, -0.25) is 14.5 Å². The van der Waals surface area contributed by atoms with E-state index in [1.54, 1.807) is 23.1 Å². The van der Waals surface area contributed by atoms with Gasteiger partial charge < -0.3 is 5.32 Å². The van der Waals surface area contributed by atoms with Crippen LogP contribution in [0.5, 0.6) is 0 Å². The van der Waals surface area contributed by atoms with Gasteiger partial charge in [-0.1, -0.05) is 18.2 Å². The fourth-order valence-electron chi connectivity index (χ4n) is 4.48. The summed E-state index contributed by atoms with van der Waals surface area (Å²) in [4.78, 5) is 27.3. The zero-order valence-corrected chi connectivity index (χ0v) is 18.5. The molecule has 0 radical (unpaired) electrons. The molecule has 32 heavy (non-hydrogen) atoms. The Kier molecular flexibility index (Phi) is 5.47. The number of aryl methyl sites for hydroxylation is 3. The molecular weight excluding hydrogens is 423 g/mol. The van der Waals surface area contributed by atoms with Crippen LogP contribution in [0.3, 0.4) is 0 Å². The van der Waals surface area contributed by atoms with Gasteiger partial charge in [0.15, 0.2) is 0 Å². The van der Waals surface area contributed by atoms with Crippen LogP contribution in [0.4, 0.5) is 15.8 Å². The second-order valence-electron chi connectivity index (χ2n) is 8.27. The van der Waals surface area contributed by atoms with Crippen LogP contribution in [-0.4, -0.2) is 17.6 Å². The highest BCUT2D eigenvalue weighted by molar-refractivity contribution is 8.00. The summed E-state index contributed by atoms with van der Waals surface area (Å²) in [7, 11) is 0. The number of carbonyl (C=O) groups excluding carboxylic acids is 2. The molecule has 1 N–H and O–H groups in total. The van der Waals surface area contributed by atoms with E-state index < -0.39 is 0 Å². The maximum absolute atomic E-state index is 13.4. The molecule has 4 nitrogen and oxygen atoms in total. The first-order valence-corrected chi connectivity index (χ1v) is 11.8. The molecule has 1 fully saturated rings. The number of benzene rings is 3. The molecule has 0 bridgehead atoms. The number of amides is 2. The third-order valence-electron chi connectivity index (χ3n) is 6.10. The third kappa shape index (κ3) is 3.91. The Morgan fingerprint density at radius 3 is 2.59 bits per heavy atom. The van der Waals surface area contributed by atoms with Gasteiger partial charge in [-0.2, -0.15) is 0 Å². The zero-order chi connectivity index (χ0) is 22.2. The lowest BCUT2D eigenvalue weighted by Crippen LogP contribution is -2.28. The van der Waals surface area contributed by atoms with Gasteiger partial charge in [0.05, 0.1) is 5.75 Å². The Hall–Kier alpha value is -3.12. The number of nitrogens with zero attached hydrogens (tertiary/aromatic N) is 1. The maximum Gasteiger partial charge on any atom is 0.255 e. The van der Waals surface area contributed by atoms with Gasteiger partial charge in [-0.15, -0.1) is 11.8 Å². The van der Waals surface area contributed by atoms with Crippen molar-refractivity contribution in [3.8, 4) is 0 Å². The van der Waals surface area contributed by atoms with Crippen molar-refractivity contribution >= 4 is 35.0 Å². The Morgan fingerprint density at radius 1 is 1.03 bits per heavy atom. The second kappa shape index (κ2) is 8.43. The minimum Gasteiger partial charge on any atom is -0.322 e. The van der Waals surface area contributed by atoms with Crippen molar-refractivity contribution < 1.29 is 14.0 Å². The Labute approximate surface area is 190 Å². The molecule has 1 unspecified atom stereocenters. The van der Waals surface area contributed by atoms with Gasteiger partial charge in [0.25, 0.3) is 5.91 Å². The molecule has 2 aliphatic rings. The van der Waals surface area contributed by atoms with Crippen molar-refractivity contribution in [2.45, 2.75) is 31.6 Å². The minimum absolute atomic E-state index is 0.00256. The quantitative estimate of drug-likeness (QED) is 0.563. The summed E-state index contributed by atoms with van der Waals surface area (Å²) in [6.45, 7) is 1.90. The van der Waals surface area contributed by atoms with E-state index in [1.165, 1.54) is 41.4 Å². The summed E-state index contributed by atoms with van der Waals surface area (Å²) in [5.41, 5.74) is 6.51. The van der Waals surface area contributed by atoms with Crippen molar-refractivity contribution in [1.29, 1.82) is 0 Å². The molecule has 3 aromatic carbocycles. The molecule has 1 heterocycles. The monoisotopic (exact) mass is 446 g/mol. The zero-order valence-electron chi connectivity index (χ0n) is 17.7. The van der Waals surface area contributed by atoms with E-state index in [0.29, 0.717) is 11.3 Å². The third-order valence-corrected chi connectivity index (χ3v) is 7.31. The topological polar surface area (TPSA) is 49.4 Å². The minimum atomic E-state index is -0.301. The van der Waals surface area contributed by atoms with Crippen LogP contribution in [0.1, 0.15) is 44.4 Å². The van der Waals surface area contributed by atoms with E-state index in [4.69, 9.17) is 0 Å². The van der Waals surface area contributed by atoms with E-state index in [2.05, 4.69) is 17.4 Å². The molecule has 0 saturated carbocycles. The van der Waals surface area contributed by atoms with Crippen molar-refractivity contribution in [3.05, 3.63) is 94.3 Å². The Morgan fingerprint density at radius 2 is 1.81 bits per heavy atom. The highest BCUT2D eigenvalue weighted by Crippen LogP contribution is 2.43. The molecular formula is C26H23FN2O2S. The molecule has 1 atom stereocenters. The predicted molar refractivity (Wildman–Crippen MR) is 127 cm³/mol. The number of nitrogens with one attached hydrogen (secondary N) is 1. The van der Waals surface area contributed by atoms with Gasteiger partial charge in [-0.25, -0.2) is 4.39 Å². The van der Waals surface area contributed by atoms with E-state index >= 15 is 0 Å². The molecule has 1 aliphatic heterocycles. The summed E-state index contributed by atoms with van der Waals surface area (Å²) >= 11 is 1.52. The van der Waals surface area contributed by atoms with Crippen molar-refractivity contribution in [1.82, 2.24) is 0 Å². The standard InChI is InChI=1S/C26H23FN2O2S/c1-16-13-20(25(31)28-22-11-7-17-3-2-4-19(17)14-22)8-12-23(16)29-24(30)15-32-26(29)18-5-9-21(27)10-6-18/h5-14,26H,2-4,15H2,1H3,(H,28,31). The fourth-order valence-corrected chi connectivity index (χ4v) is 5.65. The van der Waals surface area contributed by atoms with Crippen LogP contribution >= 0.6 is 11.8 Å². The van der Waals surface area contributed by atoms with Gasteiger partial charge in [0, 0.05) is 16.9 Å². The van der Waals surface area contributed by atoms with Gasteiger partial charge in [-0.05, 0) is 90.9 Å². The number of hydrogen-bond donors (Lipinski definition) is 1. The number of rotatable bonds is 4. The number of fused-ring (bicyclic) bond motifs is 1. The molecule has 6 heteroatoms. The second-order valence-corrected chi connectivity index (χ2v) is 9.34. The number of halogens is 1. The van der Waals surface area contributed by atoms with E-state index in [9.17, 15) is 14.0 Å². The van der Waals surface area contributed by atoms with Gasteiger partial charge >= 0.3 is 0 Å². The molecule has 2 amide bonds. The molecule has 0 spiro atoms. The predicted octanol–water partition coefficient (Wildman–Crippen LogP) is 5.65. The molecule has 1 saturated heterocycles. The van der Waals surface area contributed by atoms with E-state index in [0.717, 1.165) is 35.3 Å². The largest absolute Gasteiger partial charge is 0.322 e. The highest BCUT2D eigenvalue weighted by atomic mass is 32.2.